The summed E-state index contributed by atoms with van der Waals surface area (Å²) < 4.78 is 44.5. The molecule has 13 heteroatoms. The molecule has 1 aliphatic rings. The second-order valence-electron chi connectivity index (χ2n) is 8.19. The molecule has 1 aromatic carbocycles. The number of ether oxygens (including phenoxy) is 1. The fraction of sp³-hybridized carbons (Fsp3) is 0.318. The van der Waals surface area contributed by atoms with E-state index in [1.165, 1.54) is 45.4 Å². The number of aromatic nitrogens is 3. The summed E-state index contributed by atoms with van der Waals surface area (Å²) in [5.74, 6) is -1.14. The van der Waals surface area contributed by atoms with Crippen molar-refractivity contribution < 1.29 is 22.7 Å². The third kappa shape index (κ3) is 5.00. The van der Waals surface area contributed by atoms with Gasteiger partial charge in [-0.25, -0.2) is 22.8 Å². The second kappa shape index (κ2) is 9.39. The quantitative estimate of drug-likeness (QED) is 0.400. The summed E-state index contributed by atoms with van der Waals surface area (Å²) in [6.07, 6.45) is 4.47. The zero-order valence-corrected chi connectivity index (χ0v) is 21.1. The number of fused-ring (bicyclic) bond motifs is 1. The van der Waals surface area contributed by atoms with Crippen molar-refractivity contribution in [3.8, 4) is 16.5 Å². The van der Waals surface area contributed by atoms with Crippen molar-refractivity contribution >= 4 is 37.5 Å². The fourth-order valence-electron chi connectivity index (χ4n) is 3.89. The number of thiazole rings is 2. The number of sulfone groups is 1. The second-order valence-corrected chi connectivity index (χ2v) is 12.4. The zero-order chi connectivity index (χ0) is 24.7. The Labute approximate surface area is 208 Å². The van der Waals surface area contributed by atoms with Gasteiger partial charge in [-0.2, -0.15) is 0 Å². The first kappa shape index (κ1) is 24.0. The van der Waals surface area contributed by atoms with Gasteiger partial charge in [-0.15, -0.1) is 11.3 Å². The molecule has 9 nitrogen and oxygen atoms in total. The fourth-order valence-corrected chi connectivity index (χ4v) is 6.77. The summed E-state index contributed by atoms with van der Waals surface area (Å²) in [4.78, 5) is 25.9. The Morgan fingerprint density at radius 3 is 2.71 bits per heavy atom. The van der Waals surface area contributed by atoms with Crippen LogP contribution in [-0.2, 0) is 27.5 Å². The van der Waals surface area contributed by atoms with E-state index in [0.29, 0.717) is 40.2 Å². The molecule has 35 heavy (non-hydrogen) atoms. The Morgan fingerprint density at radius 1 is 1.20 bits per heavy atom. The summed E-state index contributed by atoms with van der Waals surface area (Å²) in [6.45, 7) is 3.62. The maximum absolute atomic E-state index is 13.6. The molecule has 184 valence electrons. The highest BCUT2D eigenvalue weighted by atomic mass is 32.2. The molecule has 0 spiro atoms. The lowest BCUT2D eigenvalue weighted by atomic mass is 10.1. The summed E-state index contributed by atoms with van der Waals surface area (Å²) in [6, 6.07) is 3.64. The molecule has 4 aromatic rings. The number of aromatic hydroxyl groups is 1. The molecule has 5 rings (SSSR count). The Hall–Kier alpha value is -2.71. The first-order chi connectivity index (χ1) is 16.7. The molecule has 1 fully saturated rings. The van der Waals surface area contributed by atoms with Gasteiger partial charge in [0.15, 0.2) is 14.8 Å². The molecule has 3 aromatic heterocycles. The highest BCUT2D eigenvalue weighted by Gasteiger charge is 2.21. The van der Waals surface area contributed by atoms with Crippen molar-refractivity contribution in [2.24, 2.45) is 0 Å². The summed E-state index contributed by atoms with van der Waals surface area (Å²) >= 11 is 2.55. The van der Waals surface area contributed by atoms with Crippen molar-refractivity contribution in [1.82, 2.24) is 19.3 Å². The monoisotopic (exact) mass is 536 g/mol. The Bertz CT molecular complexity index is 1570. The average molecular weight is 537 g/mol. The summed E-state index contributed by atoms with van der Waals surface area (Å²) in [5.41, 5.74) is -0.0691. The normalized spacial score (nSPS) is 15.1. The van der Waals surface area contributed by atoms with Crippen molar-refractivity contribution in [3.63, 3.8) is 0 Å². The van der Waals surface area contributed by atoms with E-state index in [1.54, 1.807) is 6.20 Å². The van der Waals surface area contributed by atoms with Crippen molar-refractivity contribution in [1.29, 1.82) is 0 Å². The standard InChI is InChI=1S/C22H21FN4O5S3/c1-35(30,31)17-9-14(23)3-2-13(17)8-15-10-24-20(33-15)18-19(28)21(29)27-12-16(34-22(27)25-18)11-26-4-6-32-7-5-26/h2-3,9-10,12,28H,4-8,11H2,1H3. The SMILES string of the molecule is CS(=O)(=O)c1cc(F)ccc1Cc1cnc(-c2nc3sc(CN4CCOCC4)cn3c(=O)c2O)s1. The Kier molecular flexibility index (Phi) is 6.44. The zero-order valence-electron chi connectivity index (χ0n) is 18.6. The molecular weight excluding hydrogens is 515 g/mol. The maximum Gasteiger partial charge on any atom is 0.301 e. The van der Waals surface area contributed by atoms with Gasteiger partial charge >= 0.3 is 5.56 Å². The number of hydrogen-bond acceptors (Lipinski definition) is 10. The number of rotatable bonds is 6. The summed E-state index contributed by atoms with van der Waals surface area (Å²) in [5, 5.41) is 10.9. The number of morpholine rings is 1. The average Bonchev–Trinajstić information content (AvgIpc) is 3.44. The first-order valence-corrected chi connectivity index (χ1v) is 14.2. The molecular formula is C22H21FN4O5S3. The molecule has 0 saturated carbocycles. The van der Waals surface area contributed by atoms with Gasteiger partial charge in [0.05, 0.1) is 18.1 Å². The molecule has 0 bridgehead atoms. The smallest absolute Gasteiger partial charge is 0.301 e. The van der Waals surface area contributed by atoms with Gasteiger partial charge in [0.2, 0.25) is 5.75 Å². The van der Waals surface area contributed by atoms with Gasteiger partial charge in [-0.1, -0.05) is 17.4 Å². The van der Waals surface area contributed by atoms with Crippen LogP contribution < -0.4 is 5.56 Å². The van der Waals surface area contributed by atoms with Crippen LogP contribution >= 0.6 is 22.7 Å². The van der Waals surface area contributed by atoms with E-state index >= 15 is 0 Å². The lowest BCUT2D eigenvalue weighted by Gasteiger charge is -2.25. The largest absolute Gasteiger partial charge is 0.501 e. The van der Waals surface area contributed by atoms with Gasteiger partial charge in [0.1, 0.15) is 16.5 Å². The van der Waals surface area contributed by atoms with Crippen LogP contribution in [0.5, 0.6) is 5.75 Å². The molecule has 1 N–H and O–H groups in total. The van der Waals surface area contributed by atoms with E-state index in [-0.39, 0.29) is 17.0 Å². The van der Waals surface area contributed by atoms with Gasteiger partial charge in [-0.3, -0.25) is 14.1 Å². The van der Waals surface area contributed by atoms with Gasteiger partial charge in [0, 0.05) is 54.5 Å². The third-order valence-corrected chi connectivity index (χ3v) is 8.74. The van der Waals surface area contributed by atoms with Crippen LogP contribution in [0.4, 0.5) is 4.39 Å². The van der Waals surface area contributed by atoms with Gasteiger partial charge < -0.3 is 9.84 Å². The van der Waals surface area contributed by atoms with Crippen molar-refractivity contribution in [3.05, 3.63) is 62.1 Å². The van der Waals surface area contributed by atoms with Crippen molar-refractivity contribution in [2.45, 2.75) is 17.9 Å². The van der Waals surface area contributed by atoms with E-state index in [2.05, 4.69) is 14.9 Å². The van der Waals surface area contributed by atoms with E-state index < -0.39 is 27.0 Å². The van der Waals surface area contributed by atoms with Crippen molar-refractivity contribution in [2.75, 3.05) is 32.6 Å². The number of hydrogen-bond donors (Lipinski definition) is 1. The molecule has 0 radical (unpaired) electrons. The van der Waals surface area contributed by atoms with E-state index in [0.717, 1.165) is 30.3 Å². The minimum atomic E-state index is -3.63. The molecule has 1 aliphatic heterocycles. The number of benzene rings is 1. The van der Waals surface area contributed by atoms with Crippen LogP contribution in [0.1, 0.15) is 15.3 Å². The molecule has 0 atom stereocenters. The topological polar surface area (TPSA) is 114 Å². The Balaban J connectivity index is 1.45. The van der Waals surface area contributed by atoms with Gasteiger partial charge in [-0.05, 0) is 17.7 Å². The number of nitrogens with zero attached hydrogens (tertiary/aromatic N) is 4. The Morgan fingerprint density at radius 2 is 1.97 bits per heavy atom. The van der Waals surface area contributed by atoms with E-state index in [1.807, 2.05) is 0 Å². The predicted molar refractivity (Wildman–Crippen MR) is 131 cm³/mol. The molecule has 4 heterocycles. The minimum Gasteiger partial charge on any atom is -0.501 e. The highest BCUT2D eigenvalue weighted by Crippen LogP contribution is 2.32. The first-order valence-electron chi connectivity index (χ1n) is 10.7. The van der Waals surface area contributed by atoms with Crippen LogP contribution in [-0.4, -0.2) is 65.4 Å². The van der Waals surface area contributed by atoms with E-state index in [9.17, 15) is 22.7 Å². The van der Waals surface area contributed by atoms with Crippen LogP contribution in [0.2, 0.25) is 0 Å². The summed E-state index contributed by atoms with van der Waals surface area (Å²) in [7, 11) is -3.63. The van der Waals surface area contributed by atoms with Crippen LogP contribution in [0.15, 0.2) is 40.3 Å². The maximum atomic E-state index is 13.6. The molecule has 1 saturated heterocycles. The molecule has 0 unspecified atom stereocenters. The third-order valence-electron chi connectivity index (χ3n) is 5.59. The van der Waals surface area contributed by atoms with Gasteiger partial charge in [0.25, 0.3) is 0 Å². The lowest BCUT2D eigenvalue weighted by molar-refractivity contribution is 0.0346. The highest BCUT2D eigenvalue weighted by molar-refractivity contribution is 7.90. The lowest BCUT2D eigenvalue weighted by Crippen LogP contribution is -2.35. The van der Waals surface area contributed by atoms with E-state index in [4.69, 9.17) is 4.74 Å². The molecule has 0 amide bonds. The molecule has 0 aliphatic carbocycles. The minimum absolute atomic E-state index is 0.0773. The van der Waals surface area contributed by atoms with Crippen LogP contribution in [0.25, 0.3) is 15.7 Å². The number of halogens is 1. The predicted octanol–water partition coefficient (Wildman–Crippen LogP) is 2.55. The van der Waals surface area contributed by atoms with Crippen LogP contribution in [0, 0.1) is 5.82 Å². The van der Waals surface area contributed by atoms with Crippen LogP contribution in [0.3, 0.4) is 0 Å².